The number of rotatable bonds is 5. The van der Waals surface area contributed by atoms with Crippen molar-refractivity contribution in [2.24, 2.45) is 11.8 Å². The van der Waals surface area contributed by atoms with Crippen molar-refractivity contribution in [3.63, 3.8) is 0 Å². The molecule has 1 heterocycles. The normalized spacial score (nSPS) is 20.5. The molecule has 0 bridgehead atoms. The third kappa shape index (κ3) is 3.97. The summed E-state index contributed by atoms with van der Waals surface area (Å²) in [5, 5.41) is 8.69. The summed E-state index contributed by atoms with van der Waals surface area (Å²) in [6.07, 6.45) is -4.58. The standard InChI is InChI=1S/C9H14F3NO3/c1-6(8(14)15)7-4-13(5-7)2-3-16-9(10,11)12/h6-7H,2-5H2,1H3,(H,14,15). The Bertz CT molecular complexity index is 251. The van der Waals surface area contributed by atoms with Crippen LogP contribution in [0.1, 0.15) is 6.92 Å². The summed E-state index contributed by atoms with van der Waals surface area (Å²) in [6, 6.07) is 0. The van der Waals surface area contributed by atoms with E-state index in [0.717, 1.165) is 0 Å². The quantitative estimate of drug-likeness (QED) is 0.785. The van der Waals surface area contributed by atoms with E-state index >= 15 is 0 Å². The van der Waals surface area contributed by atoms with Gasteiger partial charge < -0.3 is 10.0 Å². The topological polar surface area (TPSA) is 49.8 Å². The van der Waals surface area contributed by atoms with Gasteiger partial charge in [0.2, 0.25) is 0 Å². The first-order valence-corrected chi connectivity index (χ1v) is 4.95. The molecule has 0 aliphatic carbocycles. The van der Waals surface area contributed by atoms with E-state index in [0.29, 0.717) is 13.1 Å². The van der Waals surface area contributed by atoms with E-state index in [-0.39, 0.29) is 12.5 Å². The molecule has 4 nitrogen and oxygen atoms in total. The van der Waals surface area contributed by atoms with E-state index in [4.69, 9.17) is 5.11 Å². The molecule has 94 valence electrons. The number of nitrogens with zero attached hydrogens (tertiary/aromatic N) is 1. The lowest BCUT2D eigenvalue weighted by Crippen LogP contribution is -2.52. The minimum absolute atomic E-state index is 0.0309. The van der Waals surface area contributed by atoms with Gasteiger partial charge in [0, 0.05) is 19.6 Å². The largest absolute Gasteiger partial charge is 0.522 e. The number of hydrogen-bond donors (Lipinski definition) is 1. The molecular weight excluding hydrogens is 227 g/mol. The smallest absolute Gasteiger partial charge is 0.481 e. The zero-order valence-electron chi connectivity index (χ0n) is 8.83. The van der Waals surface area contributed by atoms with Crippen LogP contribution in [0.15, 0.2) is 0 Å². The summed E-state index contributed by atoms with van der Waals surface area (Å²) in [5.41, 5.74) is 0. The molecule has 16 heavy (non-hydrogen) atoms. The van der Waals surface area contributed by atoms with Crippen LogP contribution in [0.25, 0.3) is 0 Å². The molecule has 1 rings (SSSR count). The highest BCUT2D eigenvalue weighted by molar-refractivity contribution is 5.70. The molecule has 7 heteroatoms. The number of alkyl halides is 3. The Hall–Kier alpha value is -0.820. The summed E-state index contributed by atoms with van der Waals surface area (Å²) in [6.45, 7) is 2.43. The third-order valence-electron chi connectivity index (χ3n) is 2.76. The van der Waals surface area contributed by atoms with Crippen molar-refractivity contribution < 1.29 is 27.8 Å². The molecule has 1 atom stereocenters. The molecule has 1 saturated heterocycles. The Labute approximate surface area is 91.0 Å². The lowest BCUT2D eigenvalue weighted by atomic mass is 9.87. The number of carboxylic acids is 1. The molecule has 1 aliphatic heterocycles. The zero-order valence-corrected chi connectivity index (χ0v) is 8.83. The van der Waals surface area contributed by atoms with Gasteiger partial charge in [0.15, 0.2) is 0 Å². The maximum atomic E-state index is 11.6. The van der Waals surface area contributed by atoms with Crippen LogP contribution >= 0.6 is 0 Å². The van der Waals surface area contributed by atoms with E-state index in [1.54, 1.807) is 11.8 Å². The number of carbonyl (C=O) groups is 1. The third-order valence-corrected chi connectivity index (χ3v) is 2.76. The van der Waals surface area contributed by atoms with Crippen LogP contribution < -0.4 is 0 Å². The summed E-state index contributed by atoms with van der Waals surface area (Å²) >= 11 is 0. The molecular formula is C9H14F3NO3. The zero-order chi connectivity index (χ0) is 12.3. The Balaban J connectivity index is 2.11. The second-order valence-corrected chi connectivity index (χ2v) is 3.94. The molecule has 1 aliphatic rings. The van der Waals surface area contributed by atoms with Crippen molar-refractivity contribution in [2.75, 3.05) is 26.2 Å². The second kappa shape index (κ2) is 5.01. The highest BCUT2D eigenvalue weighted by Gasteiger charge is 2.35. The van der Waals surface area contributed by atoms with Gasteiger partial charge in [-0.05, 0) is 5.92 Å². The Morgan fingerprint density at radius 3 is 2.56 bits per heavy atom. The SMILES string of the molecule is CC(C(=O)O)C1CN(CCOC(F)(F)F)C1. The monoisotopic (exact) mass is 241 g/mol. The molecule has 1 unspecified atom stereocenters. The van der Waals surface area contributed by atoms with E-state index in [2.05, 4.69) is 4.74 Å². The van der Waals surface area contributed by atoms with Gasteiger partial charge in [0.25, 0.3) is 0 Å². The first-order valence-electron chi connectivity index (χ1n) is 4.95. The maximum Gasteiger partial charge on any atom is 0.522 e. The van der Waals surface area contributed by atoms with Gasteiger partial charge in [-0.25, -0.2) is 0 Å². The Morgan fingerprint density at radius 1 is 1.56 bits per heavy atom. The molecule has 0 aromatic carbocycles. The number of ether oxygens (including phenoxy) is 1. The molecule has 0 saturated carbocycles. The number of carboxylic acid groups (broad SMARTS) is 1. The minimum Gasteiger partial charge on any atom is -0.481 e. The van der Waals surface area contributed by atoms with Gasteiger partial charge in [-0.1, -0.05) is 6.92 Å². The van der Waals surface area contributed by atoms with Crippen LogP contribution in [-0.4, -0.2) is 48.6 Å². The van der Waals surface area contributed by atoms with Gasteiger partial charge >= 0.3 is 12.3 Å². The Kier molecular flexibility index (Phi) is 4.15. The van der Waals surface area contributed by atoms with Crippen molar-refractivity contribution in [1.82, 2.24) is 4.90 Å². The summed E-state index contributed by atoms with van der Waals surface area (Å²) < 4.78 is 38.5. The van der Waals surface area contributed by atoms with Gasteiger partial charge in [0.05, 0.1) is 12.5 Å². The van der Waals surface area contributed by atoms with Crippen molar-refractivity contribution in [3.8, 4) is 0 Å². The second-order valence-electron chi connectivity index (χ2n) is 3.94. The fourth-order valence-electron chi connectivity index (χ4n) is 1.60. The maximum absolute atomic E-state index is 11.6. The van der Waals surface area contributed by atoms with Crippen molar-refractivity contribution in [3.05, 3.63) is 0 Å². The van der Waals surface area contributed by atoms with Crippen LogP contribution in [-0.2, 0) is 9.53 Å². The number of likely N-dealkylation sites (tertiary alicyclic amines) is 1. The molecule has 0 aromatic heterocycles. The van der Waals surface area contributed by atoms with Crippen LogP contribution in [0.5, 0.6) is 0 Å². The minimum atomic E-state index is -4.58. The first kappa shape index (κ1) is 13.2. The lowest BCUT2D eigenvalue weighted by molar-refractivity contribution is -0.325. The molecule has 0 radical (unpaired) electrons. The molecule has 0 spiro atoms. The Morgan fingerprint density at radius 2 is 2.12 bits per heavy atom. The van der Waals surface area contributed by atoms with Crippen LogP contribution in [0.3, 0.4) is 0 Å². The van der Waals surface area contributed by atoms with Crippen LogP contribution in [0, 0.1) is 11.8 Å². The highest BCUT2D eigenvalue weighted by Crippen LogP contribution is 2.24. The molecule has 0 aromatic rings. The summed E-state index contributed by atoms with van der Waals surface area (Å²) in [4.78, 5) is 12.3. The van der Waals surface area contributed by atoms with E-state index in [9.17, 15) is 18.0 Å². The van der Waals surface area contributed by atoms with Gasteiger partial charge in [-0.2, -0.15) is 0 Å². The predicted octanol–water partition coefficient (Wildman–Crippen LogP) is 1.18. The van der Waals surface area contributed by atoms with E-state index in [1.165, 1.54) is 0 Å². The van der Waals surface area contributed by atoms with E-state index < -0.39 is 24.9 Å². The van der Waals surface area contributed by atoms with E-state index in [1.807, 2.05) is 0 Å². The van der Waals surface area contributed by atoms with Gasteiger partial charge in [0.1, 0.15) is 0 Å². The fraction of sp³-hybridized carbons (Fsp3) is 0.889. The summed E-state index contributed by atoms with van der Waals surface area (Å²) in [7, 11) is 0. The molecule has 1 fully saturated rings. The first-order chi connectivity index (χ1) is 7.29. The highest BCUT2D eigenvalue weighted by atomic mass is 19.4. The van der Waals surface area contributed by atoms with Crippen LogP contribution in [0.4, 0.5) is 13.2 Å². The number of halogens is 3. The van der Waals surface area contributed by atoms with Crippen molar-refractivity contribution in [2.45, 2.75) is 13.3 Å². The van der Waals surface area contributed by atoms with Gasteiger partial charge in [-0.3, -0.25) is 9.53 Å². The predicted molar refractivity (Wildman–Crippen MR) is 48.7 cm³/mol. The van der Waals surface area contributed by atoms with Gasteiger partial charge in [-0.15, -0.1) is 13.2 Å². The van der Waals surface area contributed by atoms with Crippen molar-refractivity contribution in [1.29, 1.82) is 0 Å². The summed E-state index contributed by atoms with van der Waals surface area (Å²) in [5.74, 6) is -1.28. The molecule has 1 N–H and O–H groups in total. The number of aliphatic carboxylic acids is 1. The lowest BCUT2D eigenvalue weighted by Gasteiger charge is -2.41. The average molecular weight is 241 g/mol. The fourth-order valence-corrected chi connectivity index (χ4v) is 1.60. The van der Waals surface area contributed by atoms with Crippen molar-refractivity contribution >= 4 is 5.97 Å². The average Bonchev–Trinajstić information content (AvgIpc) is 2.05. The van der Waals surface area contributed by atoms with Crippen LogP contribution in [0.2, 0.25) is 0 Å². The number of hydrogen-bond acceptors (Lipinski definition) is 3. The molecule has 0 amide bonds.